The van der Waals surface area contributed by atoms with E-state index in [0.717, 1.165) is 43.9 Å². The summed E-state index contributed by atoms with van der Waals surface area (Å²) in [5.41, 5.74) is 3.83. The van der Waals surface area contributed by atoms with Crippen molar-refractivity contribution in [1.82, 2.24) is 19.4 Å². The minimum absolute atomic E-state index is 0.0770. The third-order valence-electron chi connectivity index (χ3n) is 7.25. The van der Waals surface area contributed by atoms with Crippen LogP contribution >= 0.6 is 23.1 Å². The number of benzene rings is 2. The van der Waals surface area contributed by atoms with Crippen molar-refractivity contribution in [1.29, 1.82) is 0 Å². The van der Waals surface area contributed by atoms with Crippen LogP contribution in [0.5, 0.6) is 0 Å². The van der Waals surface area contributed by atoms with Crippen LogP contribution in [0.15, 0.2) is 59.8 Å². The zero-order valence-electron chi connectivity index (χ0n) is 18.9. The number of amides is 1. The molecule has 4 aromatic rings. The molecule has 1 aliphatic carbocycles. The molecule has 0 N–H and O–H groups in total. The van der Waals surface area contributed by atoms with Gasteiger partial charge in [-0.15, -0.1) is 11.3 Å². The third kappa shape index (κ3) is 3.49. The highest BCUT2D eigenvalue weighted by Gasteiger charge is 2.60. The Morgan fingerprint density at radius 3 is 2.67 bits per heavy atom. The zero-order valence-corrected chi connectivity index (χ0v) is 20.6. The van der Waals surface area contributed by atoms with E-state index < -0.39 is 0 Å². The summed E-state index contributed by atoms with van der Waals surface area (Å²) in [6, 6.07) is 18.6. The van der Waals surface area contributed by atoms with Crippen LogP contribution in [-0.4, -0.2) is 43.7 Å². The fraction of sp³-hybridized carbons (Fsp3) is 0.346. The lowest BCUT2D eigenvalue weighted by Crippen LogP contribution is -2.41. The number of hydrogen-bond acceptors (Lipinski definition) is 5. The van der Waals surface area contributed by atoms with Gasteiger partial charge in [-0.25, -0.2) is 9.97 Å². The normalized spacial score (nSPS) is 23.8. The first-order chi connectivity index (χ1) is 16.0. The van der Waals surface area contributed by atoms with Crippen LogP contribution < -0.4 is 0 Å². The van der Waals surface area contributed by atoms with Crippen molar-refractivity contribution in [2.75, 3.05) is 12.3 Å². The first-order valence-electron chi connectivity index (χ1n) is 11.4. The third-order valence-corrected chi connectivity index (χ3v) is 9.40. The van der Waals surface area contributed by atoms with Gasteiger partial charge >= 0.3 is 0 Å². The van der Waals surface area contributed by atoms with Gasteiger partial charge in [-0.05, 0) is 42.4 Å². The van der Waals surface area contributed by atoms with E-state index in [1.165, 1.54) is 0 Å². The molecule has 1 saturated carbocycles. The number of nitrogens with zero attached hydrogens (tertiary/aromatic N) is 4. The predicted molar refractivity (Wildman–Crippen MR) is 135 cm³/mol. The zero-order chi connectivity index (χ0) is 22.7. The number of likely N-dealkylation sites (tertiary alicyclic amines) is 1. The van der Waals surface area contributed by atoms with Crippen molar-refractivity contribution in [3.05, 3.63) is 65.3 Å². The second kappa shape index (κ2) is 7.99. The maximum atomic E-state index is 13.8. The number of rotatable bonds is 5. The van der Waals surface area contributed by atoms with E-state index in [1.54, 1.807) is 23.1 Å². The predicted octanol–water partition coefficient (Wildman–Crippen LogP) is 5.50. The van der Waals surface area contributed by atoms with Gasteiger partial charge in [0, 0.05) is 25.4 Å². The minimum Gasteiger partial charge on any atom is -0.333 e. The summed E-state index contributed by atoms with van der Waals surface area (Å²) in [7, 11) is 2.07. The van der Waals surface area contributed by atoms with Crippen molar-refractivity contribution < 1.29 is 4.79 Å². The monoisotopic (exact) mass is 474 g/mol. The fourth-order valence-corrected chi connectivity index (χ4v) is 7.51. The van der Waals surface area contributed by atoms with Gasteiger partial charge in [-0.2, -0.15) is 0 Å². The quantitative estimate of drug-likeness (QED) is 0.358. The molecule has 33 heavy (non-hydrogen) atoms. The van der Waals surface area contributed by atoms with Gasteiger partial charge < -0.3 is 9.47 Å². The van der Waals surface area contributed by atoms with E-state index in [9.17, 15) is 4.79 Å². The average Bonchev–Trinajstić information content (AvgIpc) is 3.18. The van der Waals surface area contributed by atoms with E-state index in [1.807, 2.05) is 37.3 Å². The Morgan fingerprint density at radius 2 is 1.88 bits per heavy atom. The first kappa shape index (κ1) is 20.9. The molecule has 1 aliphatic heterocycles. The van der Waals surface area contributed by atoms with E-state index in [2.05, 4.69) is 47.7 Å². The highest BCUT2D eigenvalue weighted by atomic mass is 32.2. The van der Waals surface area contributed by atoms with Gasteiger partial charge in [0.1, 0.15) is 5.69 Å². The lowest BCUT2D eigenvalue weighted by atomic mass is 10.1. The van der Waals surface area contributed by atoms with E-state index in [-0.39, 0.29) is 11.9 Å². The van der Waals surface area contributed by atoms with Crippen molar-refractivity contribution in [3.8, 4) is 10.4 Å². The van der Waals surface area contributed by atoms with Crippen molar-refractivity contribution in [3.63, 3.8) is 0 Å². The molecule has 1 saturated heterocycles. The van der Waals surface area contributed by atoms with Crippen LogP contribution in [0.1, 0.15) is 22.4 Å². The topological polar surface area (TPSA) is 51.0 Å². The number of piperidine rings is 1. The standard InChI is InChI=1S/C26H26N4OS2/c1-15-18-13-30(25(31)23-24(33-16(2)27-23)17-9-5-4-6-10-17)21(22(15)18)14-32-26-28-19-11-7-8-12-20(19)29(26)3/h4-12,15,18,21-22H,13-14H2,1-3H3/t15?,18?,21-,22?/m1/s1. The van der Waals surface area contributed by atoms with E-state index in [0.29, 0.717) is 23.4 Å². The smallest absolute Gasteiger partial charge is 0.274 e. The number of imidazole rings is 1. The number of carbonyl (C=O) groups is 1. The molecule has 0 radical (unpaired) electrons. The number of fused-ring (bicyclic) bond motifs is 2. The lowest BCUT2D eigenvalue weighted by Gasteiger charge is -2.28. The molecule has 3 heterocycles. The van der Waals surface area contributed by atoms with Crippen LogP contribution in [0.4, 0.5) is 0 Å². The van der Waals surface area contributed by atoms with Gasteiger partial charge in [-0.3, -0.25) is 4.79 Å². The Morgan fingerprint density at radius 1 is 1.12 bits per heavy atom. The van der Waals surface area contributed by atoms with E-state index >= 15 is 0 Å². The number of aryl methyl sites for hydroxylation is 2. The van der Waals surface area contributed by atoms with Crippen LogP contribution in [0.3, 0.4) is 0 Å². The summed E-state index contributed by atoms with van der Waals surface area (Å²) in [6.07, 6.45) is 0. The summed E-state index contributed by atoms with van der Waals surface area (Å²) >= 11 is 3.37. The van der Waals surface area contributed by atoms with Crippen molar-refractivity contribution in [2.45, 2.75) is 25.0 Å². The summed E-state index contributed by atoms with van der Waals surface area (Å²) < 4.78 is 2.16. The van der Waals surface area contributed by atoms with Gasteiger partial charge in [-0.1, -0.05) is 61.2 Å². The molecule has 2 aromatic heterocycles. The molecule has 0 bridgehead atoms. The highest BCUT2D eigenvalue weighted by Crippen LogP contribution is 2.56. The molecular formula is C26H26N4OS2. The molecule has 7 heteroatoms. The maximum absolute atomic E-state index is 13.8. The molecule has 3 unspecified atom stereocenters. The molecule has 4 atom stereocenters. The van der Waals surface area contributed by atoms with Crippen molar-refractivity contribution >= 4 is 40.0 Å². The Balaban J connectivity index is 1.27. The summed E-state index contributed by atoms with van der Waals surface area (Å²) in [5, 5.41) is 1.94. The number of aromatic nitrogens is 3. The van der Waals surface area contributed by atoms with Crippen molar-refractivity contribution in [2.24, 2.45) is 24.8 Å². The molecule has 168 valence electrons. The lowest BCUT2D eigenvalue weighted by molar-refractivity contribution is 0.0708. The molecule has 2 aliphatic rings. The van der Waals surface area contributed by atoms with Crippen LogP contribution in [0.25, 0.3) is 21.5 Å². The number of carbonyl (C=O) groups excluding carboxylic acids is 1. The molecular weight excluding hydrogens is 448 g/mol. The second-order valence-electron chi connectivity index (χ2n) is 9.15. The van der Waals surface area contributed by atoms with Crippen LogP contribution in [0.2, 0.25) is 0 Å². The highest BCUT2D eigenvalue weighted by molar-refractivity contribution is 7.99. The summed E-state index contributed by atoms with van der Waals surface area (Å²) in [4.78, 5) is 26.4. The Kier molecular flexibility index (Phi) is 5.07. The van der Waals surface area contributed by atoms with E-state index in [4.69, 9.17) is 9.97 Å². The van der Waals surface area contributed by atoms with Gasteiger partial charge in [0.15, 0.2) is 5.16 Å². The molecule has 6 rings (SSSR count). The Labute approximate surface area is 201 Å². The minimum atomic E-state index is 0.0770. The van der Waals surface area contributed by atoms with Gasteiger partial charge in [0.25, 0.3) is 5.91 Å². The molecule has 5 nitrogen and oxygen atoms in total. The maximum Gasteiger partial charge on any atom is 0.274 e. The SMILES string of the molecule is Cc1nc(C(=O)N2CC3C(C)C3[C@H]2CSc2nc3ccccc3n2C)c(-c2ccccc2)s1. The first-order valence-corrected chi connectivity index (χ1v) is 13.2. The number of thiazole rings is 1. The molecule has 0 spiro atoms. The molecule has 2 fully saturated rings. The molecule has 1 amide bonds. The number of thioether (sulfide) groups is 1. The molecule has 2 aromatic carbocycles. The van der Waals surface area contributed by atoms with Crippen LogP contribution in [0, 0.1) is 24.7 Å². The Bertz CT molecular complexity index is 1350. The van der Waals surface area contributed by atoms with Gasteiger partial charge in [0.05, 0.1) is 20.9 Å². The van der Waals surface area contributed by atoms with Crippen LogP contribution in [-0.2, 0) is 7.05 Å². The number of para-hydroxylation sites is 2. The average molecular weight is 475 g/mol. The summed E-state index contributed by atoms with van der Waals surface area (Å²) in [6.45, 7) is 5.14. The summed E-state index contributed by atoms with van der Waals surface area (Å²) in [5.74, 6) is 2.81. The fourth-order valence-electron chi connectivity index (χ4n) is 5.41. The largest absolute Gasteiger partial charge is 0.333 e. The Hall–Kier alpha value is -2.64. The van der Waals surface area contributed by atoms with Gasteiger partial charge in [0.2, 0.25) is 0 Å². The number of hydrogen-bond donors (Lipinski definition) is 0. The second-order valence-corrected chi connectivity index (χ2v) is 11.3.